The van der Waals surface area contributed by atoms with Crippen LogP contribution in [0.3, 0.4) is 0 Å². The predicted octanol–water partition coefficient (Wildman–Crippen LogP) is 10.2. The third-order valence-electron chi connectivity index (χ3n) is 10.9. The molecule has 0 amide bonds. The quantitative estimate of drug-likeness (QED) is 0.0390. The third-order valence-corrected chi connectivity index (χ3v) is 10.9. The zero-order valence-corrected chi connectivity index (χ0v) is 34.1. The van der Waals surface area contributed by atoms with Crippen molar-refractivity contribution in [1.82, 2.24) is 0 Å². The Morgan fingerprint density at radius 1 is 0.397 bits per heavy atom. The van der Waals surface area contributed by atoms with Gasteiger partial charge in [0.15, 0.2) is 82.2 Å². The molecule has 0 saturated heterocycles. The molecule has 23 heteroatoms. The molecule has 0 N–H and O–H groups in total. The van der Waals surface area contributed by atoms with Gasteiger partial charge in [-0.1, -0.05) is 63.2 Å². The molecule has 0 saturated carbocycles. The highest BCUT2D eigenvalue weighted by atomic mass is 19.2. The molecule has 0 radical (unpaired) electrons. The first kappa shape index (κ1) is 50.5. The standard InChI is InChI=1S/C24BF20.C21H22NO/c26-5-1(6(27)14(35)21(42)13(5)34)25(2-7(28)15(36)22(43)16(37)8(2)29,3-9(30)17(38)23(44)18(39)10(3)31)4-11(32)19(40)24(45)20(41)12(4)33;1-21(2,3)19-10-8-17(9-11-19)20(23)15-22-13-12-16-6-4-5-7-18(16)14-22/h;4-14H,15H2,1-3H3/q-1;+1. The first-order valence-electron chi connectivity index (χ1n) is 18.9. The fourth-order valence-corrected chi connectivity index (χ4v) is 7.56. The van der Waals surface area contributed by atoms with Gasteiger partial charge in [-0.25, -0.2) is 87.8 Å². The number of hydrogen-bond acceptors (Lipinski definition) is 1. The van der Waals surface area contributed by atoms with Crippen molar-refractivity contribution < 1.29 is 97.2 Å². The molecule has 68 heavy (non-hydrogen) atoms. The van der Waals surface area contributed by atoms with E-state index in [1.165, 1.54) is 10.9 Å². The molecule has 2 nitrogen and oxygen atoms in total. The van der Waals surface area contributed by atoms with Gasteiger partial charge in [-0.05, 0) is 22.4 Å². The summed E-state index contributed by atoms with van der Waals surface area (Å²) in [7, 11) is 0. The van der Waals surface area contributed by atoms with Gasteiger partial charge in [0.1, 0.15) is 52.7 Å². The number of fused-ring (bicyclic) bond motifs is 1. The number of carbonyl (C=O) groups excluding carboxylic acids is 1. The minimum absolute atomic E-state index is 0.106. The van der Waals surface area contributed by atoms with Gasteiger partial charge in [0, 0.05) is 17.0 Å². The largest absolute Gasteiger partial charge is 0.287 e. The van der Waals surface area contributed by atoms with Crippen LogP contribution in [0.2, 0.25) is 0 Å². The first-order chi connectivity index (χ1) is 31.6. The van der Waals surface area contributed by atoms with Crippen molar-refractivity contribution >= 4 is 44.6 Å². The van der Waals surface area contributed by atoms with Gasteiger partial charge < -0.3 is 0 Å². The van der Waals surface area contributed by atoms with Gasteiger partial charge >= 0.3 is 0 Å². The number of halogens is 20. The molecular formula is C45H22BF20NO. The van der Waals surface area contributed by atoms with Crippen molar-refractivity contribution in [3.05, 3.63) is 194 Å². The number of rotatable bonds is 7. The molecule has 7 rings (SSSR count). The lowest BCUT2D eigenvalue weighted by molar-refractivity contribution is -0.681. The van der Waals surface area contributed by atoms with Crippen LogP contribution in [-0.2, 0) is 12.0 Å². The molecule has 0 spiro atoms. The van der Waals surface area contributed by atoms with Gasteiger partial charge in [0.25, 0.3) is 0 Å². The monoisotopic (exact) mass is 983 g/mol. The summed E-state index contributed by atoms with van der Waals surface area (Å²) >= 11 is 0. The van der Waals surface area contributed by atoms with Gasteiger partial charge in [-0.15, -0.1) is 21.9 Å². The van der Waals surface area contributed by atoms with Crippen LogP contribution in [0.1, 0.15) is 36.7 Å². The maximum Gasteiger partial charge on any atom is 0.227 e. The van der Waals surface area contributed by atoms with E-state index < -0.39 is 144 Å². The fourth-order valence-electron chi connectivity index (χ4n) is 7.56. The number of Topliss-reactive ketones (excluding diaryl/α,β-unsaturated/α-hetero) is 1. The Labute approximate surface area is 368 Å². The average Bonchev–Trinajstić information content (AvgIpc) is 3.31. The molecule has 0 bridgehead atoms. The van der Waals surface area contributed by atoms with Crippen LogP contribution in [0.25, 0.3) is 10.8 Å². The first-order valence-corrected chi connectivity index (χ1v) is 18.9. The summed E-state index contributed by atoms with van der Waals surface area (Å²) in [4.78, 5) is 12.5. The molecule has 1 aromatic heterocycles. The highest BCUT2D eigenvalue weighted by Gasteiger charge is 2.52. The van der Waals surface area contributed by atoms with Crippen LogP contribution in [-0.4, -0.2) is 11.9 Å². The summed E-state index contributed by atoms with van der Waals surface area (Å²) in [5.74, 6) is -71.3. The second kappa shape index (κ2) is 18.3. The van der Waals surface area contributed by atoms with Crippen LogP contribution < -0.4 is 26.4 Å². The molecule has 0 atom stereocenters. The highest BCUT2D eigenvalue weighted by molar-refractivity contribution is 7.20. The minimum Gasteiger partial charge on any atom is -0.287 e. The lowest BCUT2D eigenvalue weighted by Gasteiger charge is -2.44. The second-order valence-electron chi connectivity index (χ2n) is 15.8. The third kappa shape index (κ3) is 8.07. The SMILES string of the molecule is CC(C)(C)c1ccc(C(=O)C[n+]2ccc3ccccc3c2)cc1.Fc1c(F)c(F)c([B-](c2c(F)c(F)c(F)c(F)c2F)(c2c(F)c(F)c(F)c(F)c2F)c2c(F)c(F)c(F)c(F)c2F)c(F)c1F. The summed E-state index contributed by atoms with van der Waals surface area (Å²) in [5.41, 5.74) is -12.2. The van der Waals surface area contributed by atoms with Gasteiger partial charge in [-0.2, -0.15) is 4.57 Å². The average molecular weight is 983 g/mol. The molecular weight excluding hydrogens is 961 g/mol. The summed E-state index contributed by atoms with van der Waals surface area (Å²) in [6.07, 6.45) is -3.23. The number of benzene rings is 6. The number of pyridine rings is 1. The summed E-state index contributed by atoms with van der Waals surface area (Å²) < 4.78 is 296. The molecule has 7 aromatic rings. The van der Waals surface area contributed by atoms with E-state index in [-0.39, 0.29) is 11.2 Å². The zero-order chi connectivity index (χ0) is 50.8. The predicted molar refractivity (Wildman–Crippen MR) is 203 cm³/mol. The van der Waals surface area contributed by atoms with E-state index in [4.69, 9.17) is 0 Å². The van der Waals surface area contributed by atoms with Gasteiger partial charge in [-0.3, -0.25) is 4.79 Å². The van der Waals surface area contributed by atoms with Crippen LogP contribution in [0.5, 0.6) is 0 Å². The topological polar surface area (TPSA) is 20.9 Å². The van der Waals surface area contributed by atoms with E-state index in [1.54, 1.807) is 0 Å². The molecule has 6 aromatic carbocycles. The number of aromatic nitrogens is 1. The van der Waals surface area contributed by atoms with E-state index >= 15 is 35.1 Å². The maximum absolute atomic E-state index is 15.4. The Morgan fingerprint density at radius 2 is 0.676 bits per heavy atom. The summed E-state index contributed by atoms with van der Waals surface area (Å²) in [5, 5.41) is 2.33. The minimum atomic E-state index is -7.22. The Hall–Kier alpha value is -6.94. The van der Waals surface area contributed by atoms with Crippen molar-refractivity contribution in [2.45, 2.75) is 32.7 Å². The summed E-state index contributed by atoms with van der Waals surface area (Å²) in [6, 6.07) is 18.2. The molecule has 0 aliphatic heterocycles. The van der Waals surface area contributed by atoms with Crippen molar-refractivity contribution in [2.24, 2.45) is 0 Å². The fraction of sp³-hybridized carbons (Fsp3) is 0.111. The van der Waals surface area contributed by atoms with Gasteiger partial charge in [0.05, 0.1) is 0 Å². The maximum atomic E-state index is 15.4. The Morgan fingerprint density at radius 3 is 0.971 bits per heavy atom. The van der Waals surface area contributed by atoms with Crippen molar-refractivity contribution in [1.29, 1.82) is 0 Å². The number of nitrogens with zero attached hydrogens (tertiary/aromatic N) is 1. The summed E-state index contributed by atoms with van der Waals surface area (Å²) in [6.45, 7) is 6.89. The Bertz CT molecular complexity index is 2830. The van der Waals surface area contributed by atoms with Crippen LogP contribution in [0.15, 0.2) is 67.0 Å². The van der Waals surface area contributed by atoms with Crippen LogP contribution in [0.4, 0.5) is 87.8 Å². The molecule has 0 unspecified atom stereocenters. The van der Waals surface area contributed by atoms with Crippen LogP contribution in [0, 0.1) is 116 Å². The number of hydrogen-bond donors (Lipinski definition) is 0. The zero-order valence-electron chi connectivity index (χ0n) is 34.1. The van der Waals surface area contributed by atoms with E-state index in [1.807, 2.05) is 47.3 Å². The van der Waals surface area contributed by atoms with Crippen molar-refractivity contribution in [2.75, 3.05) is 0 Å². The lowest BCUT2D eigenvalue weighted by Crippen LogP contribution is -2.81. The van der Waals surface area contributed by atoms with Crippen molar-refractivity contribution in [3.63, 3.8) is 0 Å². The molecule has 0 aliphatic rings. The molecule has 1 heterocycles. The number of carbonyl (C=O) groups is 1. The van der Waals surface area contributed by atoms with E-state index in [9.17, 15) is 57.5 Å². The smallest absolute Gasteiger partial charge is 0.227 e. The van der Waals surface area contributed by atoms with E-state index in [0.29, 0.717) is 6.54 Å². The van der Waals surface area contributed by atoms with E-state index in [2.05, 4.69) is 45.0 Å². The highest BCUT2D eigenvalue weighted by Crippen LogP contribution is 2.31. The van der Waals surface area contributed by atoms with Crippen LogP contribution >= 0.6 is 0 Å². The van der Waals surface area contributed by atoms with E-state index in [0.717, 1.165) is 10.9 Å². The second-order valence-corrected chi connectivity index (χ2v) is 15.8. The molecule has 356 valence electrons. The number of ketones is 1. The lowest BCUT2D eigenvalue weighted by atomic mass is 9.12. The van der Waals surface area contributed by atoms with Gasteiger partial charge in [0.2, 0.25) is 12.3 Å². The molecule has 0 fully saturated rings. The Kier molecular flexibility index (Phi) is 13.6. The van der Waals surface area contributed by atoms with Crippen molar-refractivity contribution in [3.8, 4) is 0 Å². The Balaban J connectivity index is 0.000000276. The normalized spacial score (nSPS) is 11.9. The molecule has 0 aliphatic carbocycles.